The maximum Gasteiger partial charge on any atom is 0.340 e. The minimum absolute atomic E-state index is 0.283. The predicted molar refractivity (Wildman–Crippen MR) is 105 cm³/mol. The first kappa shape index (κ1) is 19.3. The first-order valence-corrected chi connectivity index (χ1v) is 8.72. The average Bonchev–Trinajstić information content (AvgIpc) is 3.07. The molecular weight excluding hydrogens is 360 g/mol. The molecule has 1 amide bonds. The maximum absolute atomic E-state index is 12.4. The summed E-state index contributed by atoms with van der Waals surface area (Å²) < 4.78 is 17.4. The Labute approximate surface area is 162 Å². The van der Waals surface area contributed by atoms with Gasteiger partial charge < -0.3 is 24.1 Å². The number of hydrogen-bond acceptors (Lipinski definition) is 5. The van der Waals surface area contributed by atoms with E-state index in [1.807, 2.05) is 41.9 Å². The molecular formula is C21H22N2O5. The van der Waals surface area contributed by atoms with E-state index in [0.29, 0.717) is 17.1 Å². The zero-order chi connectivity index (χ0) is 20.1. The van der Waals surface area contributed by atoms with Crippen LogP contribution in [0, 0.1) is 0 Å². The fraction of sp³-hybridized carbons (Fsp3) is 0.238. The van der Waals surface area contributed by atoms with Crippen LogP contribution in [0.2, 0.25) is 0 Å². The number of benzene rings is 2. The van der Waals surface area contributed by atoms with Crippen LogP contribution in [0.3, 0.4) is 0 Å². The summed E-state index contributed by atoms with van der Waals surface area (Å²) in [6, 6.07) is 12.9. The number of ether oxygens (including phenoxy) is 3. The SMILES string of the molecule is COc1ccc(CNC(=O)COC(=O)c2cn(C)c3ccccc23)cc1OC. The molecule has 0 spiro atoms. The van der Waals surface area contributed by atoms with Crippen LogP contribution in [-0.4, -0.2) is 37.3 Å². The number of aryl methyl sites for hydroxylation is 1. The van der Waals surface area contributed by atoms with E-state index in [1.165, 1.54) is 0 Å². The van der Waals surface area contributed by atoms with E-state index in [9.17, 15) is 9.59 Å². The quantitative estimate of drug-likeness (QED) is 0.636. The van der Waals surface area contributed by atoms with Crippen molar-refractivity contribution in [3.63, 3.8) is 0 Å². The second-order valence-electron chi connectivity index (χ2n) is 6.21. The fourth-order valence-corrected chi connectivity index (χ4v) is 2.96. The van der Waals surface area contributed by atoms with Gasteiger partial charge in [0.1, 0.15) is 0 Å². The molecule has 7 heteroatoms. The Balaban J connectivity index is 1.56. The third kappa shape index (κ3) is 4.09. The molecule has 3 rings (SSSR count). The molecule has 3 aromatic rings. The van der Waals surface area contributed by atoms with Gasteiger partial charge in [-0.1, -0.05) is 24.3 Å². The number of nitrogens with zero attached hydrogens (tertiary/aromatic N) is 1. The van der Waals surface area contributed by atoms with Gasteiger partial charge in [0.25, 0.3) is 5.91 Å². The maximum atomic E-state index is 12.4. The number of carbonyl (C=O) groups excluding carboxylic acids is 2. The number of carbonyl (C=O) groups is 2. The first-order chi connectivity index (χ1) is 13.5. The van der Waals surface area contributed by atoms with Gasteiger partial charge >= 0.3 is 5.97 Å². The Kier molecular flexibility index (Phi) is 5.84. The van der Waals surface area contributed by atoms with Gasteiger partial charge in [-0.2, -0.15) is 0 Å². The number of amides is 1. The Morgan fingerprint density at radius 2 is 1.79 bits per heavy atom. The summed E-state index contributed by atoms with van der Waals surface area (Å²) in [7, 11) is 4.96. The van der Waals surface area contributed by atoms with Crippen molar-refractivity contribution in [3.8, 4) is 11.5 Å². The first-order valence-electron chi connectivity index (χ1n) is 8.72. The van der Waals surface area contributed by atoms with Crippen LogP contribution in [0.5, 0.6) is 11.5 Å². The lowest BCUT2D eigenvalue weighted by Crippen LogP contribution is -2.28. The van der Waals surface area contributed by atoms with Crippen LogP contribution in [-0.2, 0) is 23.1 Å². The number of esters is 1. The molecule has 28 heavy (non-hydrogen) atoms. The van der Waals surface area contributed by atoms with Crippen molar-refractivity contribution < 1.29 is 23.8 Å². The summed E-state index contributed by atoms with van der Waals surface area (Å²) >= 11 is 0. The normalized spacial score (nSPS) is 10.5. The fourth-order valence-electron chi connectivity index (χ4n) is 2.96. The van der Waals surface area contributed by atoms with Crippen molar-refractivity contribution in [1.82, 2.24) is 9.88 Å². The summed E-state index contributed by atoms with van der Waals surface area (Å²) in [6.45, 7) is -0.0691. The Morgan fingerprint density at radius 1 is 1.04 bits per heavy atom. The molecule has 0 fully saturated rings. The zero-order valence-electron chi connectivity index (χ0n) is 16.0. The third-order valence-corrected chi connectivity index (χ3v) is 4.39. The zero-order valence-corrected chi connectivity index (χ0v) is 16.0. The van der Waals surface area contributed by atoms with Crippen LogP contribution in [0.1, 0.15) is 15.9 Å². The number of para-hydroxylation sites is 1. The largest absolute Gasteiger partial charge is 0.493 e. The highest BCUT2D eigenvalue weighted by Gasteiger charge is 2.16. The lowest BCUT2D eigenvalue weighted by atomic mass is 10.2. The van der Waals surface area contributed by atoms with Crippen LogP contribution in [0.4, 0.5) is 0 Å². The molecule has 0 bridgehead atoms. The number of hydrogen-bond donors (Lipinski definition) is 1. The minimum Gasteiger partial charge on any atom is -0.493 e. The molecule has 1 N–H and O–H groups in total. The highest BCUT2D eigenvalue weighted by molar-refractivity contribution is 6.04. The van der Waals surface area contributed by atoms with Crippen molar-refractivity contribution in [2.75, 3.05) is 20.8 Å². The van der Waals surface area contributed by atoms with Gasteiger partial charge in [0.05, 0.1) is 19.8 Å². The molecule has 0 radical (unpaired) electrons. The van der Waals surface area contributed by atoms with Crippen molar-refractivity contribution in [2.24, 2.45) is 7.05 Å². The predicted octanol–water partition coefficient (Wildman–Crippen LogP) is 2.67. The van der Waals surface area contributed by atoms with E-state index >= 15 is 0 Å². The average molecular weight is 382 g/mol. The third-order valence-electron chi connectivity index (χ3n) is 4.39. The highest BCUT2D eigenvalue weighted by Crippen LogP contribution is 2.27. The van der Waals surface area contributed by atoms with Crippen molar-refractivity contribution in [3.05, 3.63) is 59.8 Å². The van der Waals surface area contributed by atoms with Crippen LogP contribution in [0.25, 0.3) is 10.9 Å². The molecule has 0 unspecified atom stereocenters. The van der Waals surface area contributed by atoms with Crippen LogP contribution in [0.15, 0.2) is 48.7 Å². The molecule has 1 heterocycles. The van der Waals surface area contributed by atoms with Gasteiger partial charge in [-0.15, -0.1) is 0 Å². The topological polar surface area (TPSA) is 78.8 Å². The van der Waals surface area contributed by atoms with E-state index < -0.39 is 5.97 Å². The smallest absolute Gasteiger partial charge is 0.340 e. The molecule has 0 aliphatic rings. The highest BCUT2D eigenvalue weighted by atomic mass is 16.5. The number of rotatable bonds is 7. The van der Waals surface area contributed by atoms with E-state index in [2.05, 4.69) is 5.32 Å². The van der Waals surface area contributed by atoms with E-state index in [4.69, 9.17) is 14.2 Å². The van der Waals surface area contributed by atoms with Gasteiger partial charge in [0.15, 0.2) is 18.1 Å². The molecule has 0 atom stereocenters. The van der Waals surface area contributed by atoms with E-state index in [-0.39, 0.29) is 19.1 Å². The van der Waals surface area contributed by atoms with Gasteiger partial charge in [-0.05, 0) is 23.8 Å². The van der Waals surface area contributed by atoms with E-state index in [1.54, 1.807) is 32.5 Å². The van der Waals surface area contributed by atoms with Gasteiger partial charge in [-0.3, -0.25) is 4.79 Å². The summed E-state index contributed by atoms with van der Waals surface area (Å²) in [5, 5.41) is 3.51. The summed E-state index contributed by atoms with van der Waals surface area (Å²) in [5.74, 6) is 0.277. The number of methoxy groups -OCH3 is 2. The molecule has 7 nitrogen and oxygen atoms in total. The van der Waals surface area contributed by atoms with Crippen molar-refractivity contribution in [1.29, 1.82) is 0 Å². The molecule has 0 saturated carbocycles. The molecule has 0 saturated heterocycles. The summed E-state index contributed by atoms with van der Waals surface area (Å²) in [4.78, 5) is 24.4. The van der Waals surface area contributed by atoms with Crippen molar-refractivity contribution in [2.45, 2.75) is 6.54 Å². The Hall–Kier alpha value is -3.48. The second kappa shape index (κ2) is 8.47. The van der Waals surface area contributed by atoms with Crippen LogP contribution < -0.4 is 14.8 Å². The summed E-state index contributed by atoms with van der Waals surface area (Å²) in [6.07, 6.45) is 1.70. The molecule has 146 valence electrons. The molecule has 2 aromatic carbocycles. The van der Waals surface area contributed by atoms with Crippen LogP contribution >= 0.6 is 0 Å². The minimum atomic E-state index is -0.530. The van der Waals surface area contributed by atoms with Crippen molar-refractivity contribution >= 4 is 22.8 Å². The van der Waals surface area contributed by atoms with Gasteiger partial charge in [0.2, 0.25) is 0 Å². The van der Waals surface area contributed by atoms with Gasteiger partial charge in [-0.25, -0.2) is 4.79 Å². The molecule has 1 aromatic heterocycles. The monoisotopic (exact) mass is 382 g/mol. The van der Waals surface area contributed by atoms with E-state index in [0.717, 1.165) is 16.5 Å². The molecule has 0 aliphatic carbocycles. The van der Waals surface area contributed by atoms with Gasteiger partial charge in [0, 0.05) is 30.7 Å². The standard InChI is InChI=1S/C21H22N2O5/c1-23-12-16(15-6-4-5-7-17(15)23)21(25)28-13-20(24)22-11-14-8-9-18(26-2)19(10-14)27-3/h4-10,12H,11,13H2,1-3H3,(H,22,24). The number of fused-ring (bicyclic) bond motifs is 1. The second-order valence-corrected chi connectivity index (χ2v) is 6.21. The Bertz CT molecular complexity index is 1010. The lowest BCUT2D eigenvalue weighted by molar-refractivity contribution is -0.124. The molecule has 0 aliphatic heterocycles. The number of nitrogens with one attached hydrogen (secondary N) is 1. The summed E-state index contributed by atoms with van der Waals surface area (Å²) in [5.41, 5.74) is 2.20. The lowest BCUT2D eigenvalue weighted by Gasteiger charge is -2.10. The number of aromatic nitrogens is 1. The Morgan fingerprint density at radius 3 is 2.54 bits per heavy atom.